The molecular weight excluding hydrogens is 504 g/mol. The molecule has 0 bridgehead atoms. The molecule has 0 atom stereocenters. The van der Waals surface area contributed by atoms with E-state index in [1.165, 1.54) is 39.5 Å². The fourth-order valence-electron chi connectivity index (χ4n) is 5.84. The van der Waals surface area contributed by atoms with Crippen molar-refractivity contribution < 1.29 is 0 Å². The smallest absolute Gasteiger partial charge is 0.0991 e. The highest BCUT2D eigenvalue weighted by Gasteiger charge is 2.16. The third-order valence-corrected chi connectivity index (χ3v) is 9.09. The van der Waals surface area contributed by atoms with Crippen molar-refractivity contribution in [2.45, 2.75) is 19.4 Å². The van der Waals surface area contributed by atoms with Gasteiger partial charge in [-0.1, -0.05) is 61.0 Å². The molecule has 0 N–H and O–H groups in total. The van der Waals surface area contributed by atoms with Gasteiger partial charge in [-0.25, -0.2) is 0 Å². The van der Waals surface area contributed by atoms with E-state index >= 15 is 0 Å². The summed E-state index contributed by atoms with van der Waals surface area (Å²) in [4.78, 5) is 0. The second-order valence-electron chi connectivity index (χ2n) is 10.1. The van der Waals surface area contributed by atoms with E-state index in [1.807, 2.05) is 36.4 Å². The van der Waals surface area contributed by atoms with Crippen molar-refractivity contribution in [3.8, 4) is 23.5 Å². The van der Waals surface area contributed by atoms with Crippen LogP contribution in [0.4, 0.5) is 0 Å². The number of fused-ring (bicyclic) bond motifs is 6. The first-order valence-electron chi connectivity index (χ1n) is 13.5. The zero-order valence-electron chi connectivity index (χ0n) is 22.0. The Morgan fingerprint density at radius 2 is 1.12 bits per heavy atom. The molecule has 0 saturated carbocycles. The summed E-state index contributed by atoms with van der Waals surface area (Å²) in [5, 5.41) is 25.0. The van der Waals surface area contributed by atoms with Gasteiger partial charge in [0, 0.05) is 32.9 Å². The minimum absolute atomic E-state index is 0.604. The molecule has 2 heterocycles. The number of benzene rings is 5. The average Bonchev–Trinajstić information content (AvgIpc) is 3.51. The molecule has 7 aromatic rings. The SMILES string of the molecule is CCC[Si]c1ccc2c(c1)c1ccccc1n2-c1cccc(-n2c3ccc(C#N)cc3c3cc(C#N)ccc32)c1. The zero-order valence-corrected chi connectivity index (χ0v) is 23.0. The van der Waals surface area contributed by atoms with Gasteiger partial charge in [0.05, 0.1) is 54.9 Å². The van der Waals surface area contributed by atoms with Crippen LogP contribution in [0.25, 0.3) is 55.0 Å². The second kappa shape index (κ2) is 9.57. The van der Waals surface area contributed by atoms with Crippen LogP contribution in [-0.4, -0.2) is 18.7 Å². The predicted molar refractivity (Wildman–Crippen MR) is 165 cm³/mol. The van der Waals surface area contributed by atoms with Crippen molar-refractivity contribution in [1.29, 1.82) is 10.5 Å². The van der Waals surface area contributed by atoms with Crippen LogP contribution >= 0.6 is 0 Å². The average molecular weight is 529 g/mol. The van der Waals surface area contributed by atoms with Crippen LogP contribution < -0.4 is 5.19 Å². The van der Waals surface area contributed by atoms with Gasteiger partial charge in [0.15, 0.2) is 0 Å². The van der Waals surface area contributed by atoms with Gasteiger partial charge in [-0.2, -0.15) is 10.5 Å². The number of rotatable bonds is 5. The lowest BCUT2D eigenvalue weighted by atomic mass is 10.1. The Morgan fingerprint density at radius 1 is 0.575 bits per heavy atom. The van der Waals surface area contributed by atoms with Gasteiger partial charge in [0.25, 0.3) is 0 Å². The quantitative estimate of drug-likeness (QED) is 0.214. The normalized spacial score (nSPS) is 11.4. The number of hydrogen-bond donors (Lipinski definition) is 0. The molecule has 0 unspecified atom stereocenters. The van der Waals surface area contributed by atoms with Crippen molar-refractivity contribution in [1.82, 2.24) is 9.13 Å². The molecule has 0 aliphatic heterocycles. The Morgan fingerprint density at radius 3 is 1.73 bits per heavy atom. The standard InChI is InChI=1S/C35H24N4Si/c1-2-16-40-27-12-15-35-31(20-27)28-8-3-4-9-32(28)38(35)25-6-5-7-26(19-25)39-33-13-10-23(21-36)17-29(33)30-18-24(22-37)11-14-34(30)39/h3-15,17-20H,2,16H2,1H3. The van der Waals surface area contributed by atoms with Gasteiger partial charge in [-0.3, -0.25) is 0 Å². The van der Waals surface area contributed by atoms with E-state index < -0.39 is 0 Å². The van der Waals surface area contributed by atoms with Gasteiger partial charge in [0.1, 0.15) is 0 Å². The highest BCUT2D eigenvalue weighted by atomic mass is 28.2. The highest BCUT2D eigenvalue weighted by molar-refractivity contribution is 6.53. The van der Waals surface area contributed by atoms with E-state index in [1.54, 1.807) is 0 Å². The lowest BCUT2D eigenvalue weighted by Gasteiger charge is -2.13. The first-order chi connectivity index (χ1) is 19.7. The lowest BCUT2D eigenvalue weighted by molar-refractivity contribution is 1.08. The predicted octanol–water partition coefficient (Wildman–Crippen LogP) is 7.78. The summed E-state index contributed by atoms with van der Waals surface area (Å²) in [5.41, 5.74) is 7.71. The van der Waals surface area contributed by atoms with Crippen LogP contribution in [0.15, 0.2) is 103 Å². The maximum atomic E-state index is 9.56. The summed E-state index contributed by atoms with van der Waals surface area (Å²) in [6.07, 6.45) is 1.20. The van der Waals surface area contributed by atoms with Crippen LogP contribution in [0, 0.1) is 22.7 Å². The summed E-state index contributed by atoms with van der Waals surface area (Å²) in [7, 11) is 0.823. The highest BCUT2D eigenvalue weighted by Crippen LogP contribution is 2.36. The summed E-state index contributed by atoms with van der Waals surface area (Å²) >= 11 is 0. The molecule has 0 amide bonds. The van der Waals surface area contributed by atoms with Crippen molar-refractivity contribution >= 4 is 58.3 Å². The van der Waals surface area contributed by atoms with E-state index in [0.717, 1.165) is 42.7 Å². The Labute approximate surface area is 234 Å². The van der Waals surface area contributed by atoms with Crippen molar-refractivity contribution in [2.24, 2.45) is 0 Å². The molecule has 0 aliphatic carbocycles. The van der Waals surface area contributed by atoms with Crippen molar-refractivity contribution in [3.05, 3.63) is 114 Å². The molecule has 5 heteroatoms. The molecule has 2 aromatic heterocycles. The van der Waals surface area contributed by atoms with E-state index in [2.05, 4.69) is 94.9 Å². The first-order valence-corrected chi connectivity index (χ1v) is 14.7. The summed E-state index contributed by atoms with van der Waals surface area (Å²) in [6.45, 7) is 2.24. The van der Waals surface area contributed by atoms with Gasteiger partial charge in [-0.15, -0.1) is 0 Å². The molecule has 5 aromatic carbocycles. The van der Waals surface area contributed by atoms with Gasteiger partial charge >= 0.3 is 0 Å². The molecule has 7 rings (SSSR count). The minimum Gasteiger partial charge on any atom is -0.309 e. The Hall–Kier alpha value is -5.10. The molecule has 0 saturated heterocycles. The van der Waals surface area contributed by atoms with Crippen LogP contribution in [-0.2, 0) is 0 Å². The molecule has 0 fully saturated rings. The van der Waals surface area contributed by atoms with Crippen LogP contribution in [0.3, 0.4) is 0 Å². The third kappa shape index (κ3) is 3.72. The molecule has 2 radical (unpaired) electrons. The van der Waals surface area contributed by atoms with Crippen LogP contribution in [0.2, 0.25) is 6.04 Å². The van der Waals surface area contributed by atoms with Gasteiger partial charge < -0.3 is 9.13 Å². The fraction of sp³-hybridized carbons (Fsp3) is 0.0857. The van der Waals surface area contributed by atoms with Gasteiger partial charge in [-0.05, 0) is 66.7 Å². The van der Waals surface area contributed by atoms with Crippen molar-refractivity contribution in [2.75, 3.05) is 0 Å². The Bertz CT molecular complexity index is 2110. The van der Waals surface area contributed by atoms with E-state index in [-0.39, 0.29) is 0 Å². The number of nitrogens with zero attached hydrogens (tertiary/aromatic N) is 4. The van der Waals surface area contributed by atoms with E-state index in [4.69, 9.17) is 0 Å². The third-order valence-electron chi connectivity index (χ3n) is 7.62. The van der Waals surface area contributed by atoms with Gasteiger partial charge in [0.2, 0.25) is 0 Å². The first kappa shape index (κ1) is 24.0. The molecule has 4 nitrogen and oxygen atoms in total. The molecular formula is C35H24N4Si. The number of nitriles is 2. The topological polar surface area (TPSA) is 57.4 Å². The maximum Gasteiger partial charge on any atom is 0.0991 e. The number of hydrogen-bond acceptors (Lipinski definition) is 2. The number of para-hydroxylation sites is 1. The maximum absolute atomic E-state index is 9.56. The van der Waals surface area contributed by atoms with Crippen LogP contribution in [0.1, 0.15) is 24.5 Å². The summed E-state index contributed by atoms with van der Waals surface area (Å²) in [6, 6.07) is 41.5. The summed E-state index contributed by atoms with van der Waals surface area (Å²) < 4.78 is 4.59. The minimum atomic E-state index is 0.604. The Balaban J connectivity index is 1.48. The fourth-order valence-corrected chi connectivity index (χ4v) is 6.83. The lowest BCUT2D eigenvalue weighted by Crippen LogP contribution is -2.12. The molecule has 188 valence electrons. The number of aromatic nitrogens is 2. The summed E-state index contributed by atoms with van der Waals surface area (Å²) in [5.74, 6) is 0. The second-order valence-corrected chi connectivity index (χ2v) is 11.5. The molecule has 0 aliphatic rings. The largest absolute Gasteiger partial charge is 0.309 e. The van der Waals surface area contributed by atoms with Crippen LogP contribution in [0.5, 0.6) is 0 Å². The monoisotopic (exact) mass is 528 g/mol. The molecule has 40 heavy (non-hydrogen) atoms. The Kier molecular flexibility index (Phi) is 5.74. The van der Waals surface area contributed by atoms with E-state index in [0.29, 0.717) is 11.1 Å². The molecule has 0 spiro atoms. The van der Waals surface area contributed by atoms with E-state index in [9.17, 15) is 10.5 Å². The van der Waals surface area contributed by atoms with Crippen molar-refractivity contribution in [3.63, 3.8) is 0 Å². The zero-order chi connectivity index (χ0) is 27.2.